The Hall–Kier alpha value is -4.76. The lowest BCUT2D eigenvalue weighted by Gasteiger charge is -2.38. The molecule has 9 nitrogen and oxygen atoms in total. The van der Waals surface area contributed by atoms with Gasteiger partial charge in [0.15, 0.2) is 0 Å². The number of rotatable bonds is 9. The van der Waals surface area contributed by atoms with Crippen molar-refractivity contribution in [3.05, 3.63) is 90.5 Å². The van der Waals surface area contributed by atoms with E-state index in [1.165, 1.54) is 0 Å². The maximum Gasteiger partial charge on any atom is 0.323 e. The van der Waals surface area contributed by atoms with Crippen molar-refractivity contribution in [1.29, 1.82) is 0 Å². The highest BCUT2D eigenvalue weighted by Gasteiger charge is 2.24. The topological polar surface area (TPSA) is 95.2 Å². The van der Waals surface area contributed by atoms with Crippen molar-refractivity contribution in [3.63, 3.8) is 0 Å². The highest BCUT2D eigenvalue weighted by Crippen LogP contribution is 2.31. The molecule has 0 saturated carbocycles. The number of fused-ring (bicyclic) bond motifs is 1. The first-order valence-electron chi connectivity index (χ1n) is 13.7. The number of hydrogen-bond acceptors (Lipinski definition) is 6. The van der Waals surface area contributed by atoms with E-state index in [0.29, 0.717) is 30.1 Å². The first-order valence-corrected chi connectivity index (χ1v) is 13.7. The van der Waals surface area contributed by atoms with Crippen LogP contribution in [-0.2, 0) is 4.74 Å². The lowest BCUT2D eigenvalue weighted by atomic mass is 10.1. The molecule has 0 spiro atoms. The molecule has 1 aliphatic heterocycles. The molecule has 5 rings (SSSR count). The zero-order chi connectivity index (χ0) is 28.6. The number of hydrogen-bond donors (Lipinski definition) is 3. The standard InChI is InChI=1S/C32H35N5O4/c1-40-21-16-33-31(38)26-22-24(34-32(39)35-27-11-7-9-23-8-3-4-10-25(23)27)14-15-28(26)36-17-19-37(20-18-36)29-12-5-6-13-30(29)41-2/h3-15,22H,16-21H2,1-2H3,(H,33,38)(H2,34,35,39). The summed E-state index contributed by atoms with van der Waals surface area (Å²) in [6.07, 6.45) is 0. The van der Waals surface area contributed by atoms with E-state index in [0.717, 1.165) is 54.1 Å². The van der Waals surface area contributed by atoms with Crippen molar-refractivity contribution in [2.24, 2.45) is 0 Å². The van der Waals surface area contributed by atoms with E-state index in [1.54, 1.807) is 20.3 Å². The van der Waals surface area contributed by atoms with Gasteiger partial charge in [0.1, 0.15) is 5.75 Å². The Morgan fingerprint density at radius 1 is 0.780 bits per heavy atom. The van der Waals surface area contributed by atoms with Gasteiger partial charge in [-0.05, 0) is 41.8 Å². The summed E-state index contributed by atoms with van der Waals surface area (Å²) in [4.78, 5) is 30.7. The van der Waals surface area contributed by atoms with Crippen molar-refractivity contribution in [3.8, 4) is 5.75 Å². The second kappa shape index (κ2) is 13.1. The van der Waals surface area contributed by atoms with Crippen LogP contribution in [0.5, 0.6) is 5.75 Å². The van der Waals surface area contributed by atoms with Gasteiger partial charge >= 0.3 is 6.03 Å². The third kappa shape index (κ3) is 6.53. The normalized spacial score (nSPS) is 13.1. The number of benzene rings is 4. The summed E-state index contributed by atoms with van der Waals surface area (Å²) in [5.74, 6) is 0.624. The molecule has 212 valence electrons. The SMILES string of the molecule is COCCNC(=O)c1cc(NC(=O)Nc2cccc3ccccc23)ccc1N1CCN(c2ccccc2OC)CC1. The third-order valence-electron chi connectivity index (χ3n) is 7.17. The van der Waals surface area contributed by atoms with Crippen LogP contribution < -0.4 is 30.5 Å². The van der Waals surface area contributed by atoms with E-state index in [4.69, 9.17) is 9.47 Å². The Morgan fingerprint density at radius 3 is 2.27 bits per heavy atom. The molecule has 0 bridgehead atoms. The van der Waals surface area contributed by atoms with Crippen LogP contribution in [0.1, 0.15) is 10.4 Å². The number of nitrogens with one attached hydrogen (secondary N) is 3. The lowest BCUT2D eigenvalue weighted by Crippen LogP contribution is -2.47. The number of anilines is 4. The summed E-state index contributed by atoms with van der Waals surface area (Å²) in [7, 11) is 3.28. The van der Waals surface area contributed by atoms with Gasteiger partial charge in [0.2, 0.25) is 0 Å². The van der Waals surface area contributed by atoms with Gasteiger partial charge in [0, 0.05) is 56.6 Å². The minimum absolute atomic E-state index is 0.220. The molecular formula is C32H35N5O4. The number of amides is 3. The molecule has 1 heterocycles. The van der Waals surface area contributed by atoms with E-state index >= 15 is 0 Å². The Bertz CT molecular complexity index is 1510. The predicted octanol–water partition coefficient (Wildman–Crippen LogP) is 5.20. The van der Waals surface area contributed by atoms with Crippen LogP contribution in [0.3, 0.4) is 0 Å². The number of carbonyl (C=O) groups excluding carboxylic acids is 2. The molecule has 0 aromatic heterocycles. The predicted molar refractivity (Wildman–Crippen MR) is 165 cm³/mol. The van der Waals surface area contributed by atoms with E-state index in [1.807, 2.05) is 72.8 Å². The number of methoxy groups -OCH3 is 2. The van der Waals surface area contributed by atoms with E-state index in [-0.39, 0.29) is 11.9 Å². The molecule has 1 fully saturated rings. The van der Waals surface area contributed by atoms with Crippen molar-refractivity contribution < 1.29 is 19.1 Å². The molecule has 3 amide bonds. The fourth-order valence-electron chi connectivity index (χ4n) is 5.13. The van der Waals surface area contributed by atoms with Crippen LogP contribution >= 0.6 is 0 Å². The second-order valence-corrected chi connectivity index (χ2v) is 9.73. The summed E-state index contributed by atoms with van der Waals surface area (Å²) in [6.45, 7) is 3.80. The monoisotopic (exact) mass is 553 g/mol. The van der Waals surface area contributed by atoms with Crippen molar-refractivity contribution in [1.82, 2.24) is 5.32 Å². The number of ether oxygens (including phenoxy) is 2. The fourth-order valence-corrected chi connectivity index (χ4v) is 5.13. The van der Waals surface area contributed by atoms with Crippen LogP contribution in [0.25, 0.3) is 10.8 Å². The summed E-state index contributed by atoms with van der Waals surface area (Å²) >= 11 is 0. The van der Waals surface area contributed by atoms with Gasteiger partial charge in [-0.3, -0.25) is 4.79 Å². The molecule has 3 N–H and O–H groups in total. The molecule has 4 aromatic carbocycles. The highest BCUT2D eigenvalue weighted by molar-refractivity contribution is 6.07. The number of carbonyl (C=O) groups is 2. The quantitative estimate of drug-likeness (QED) is 0.247. The van der Waals surface area contributed by atoms with Gasteiger partial charge in [-0.25, -0.2) is 4.79 Å². The summed E-state index contributed by atoms with van der Waals surface area (Å²) in [5.41, 5.74) is 3.61. The van der Waals surface area contributed by atoms with Crippen LogP contribution in [-0.4, -0.2) is 65.5 Å². The molecular weight excluding hydrogens is 518 g/mol. The largest absolute Gasteiger partial charge is 0.495 e. The first kappa shape index (κ1) is 27.8. The van der Waals surface area contributed by atoms with Crippen molar-refractivity contribution >= 4 is 45.5 Å². The zero-order valence-corrected chi connectivity index (χ0v) is 23.4. The van der Waals surface area contributed by atoms with Gasteiger partial charge < -0.3 is 35.2 Å². The molecule has 1 saturated heterocycles. The molecule has 0 radical (unpaired) electrons. The summed E-state index contributed by atoms with van der Waals surface area (Å²) < 4.78 is 10.7. The Kier molecular flexibility index (Phi) is 8.85. The Balaban J connectivity index is 1.33. The van der Waals surface area contributed by atoms with Crippen LogP contribution in [0, 0.1) is 0 Å². The van der Waals surface area contributed by atoms with Gasteiger partial charge in [0.25, 0.3) is 5.91 Å². The Morgan fingerprint density at radius 2 is 1.49 bits per heavy atom. The molecule has 0 atom stereocenters. The molecule has 4 aromatic rings. The molecule has 0 aliphatic carbocycles. The van der Waals surface area contributed by atoms with Crippen LogP contribution in [0.2, 0.25) is 0 Å². The fraction of sp³-hybridized carbons (Fsp3) is 0.250. The second-order valence-electron chi connectivity index (χ2n) is 9.73. The Labute approximate surface area is 240 Å². The molecule has 9 heteroatoms. The lowest BCUT2D eigenvalue weighted by molar-refractivity contribution is 0.0937. The number of nitrogens with zero attached hydrogens (tertiary/aromatic N) is 2. The van der Waals surface area contributed by atoms with E-state index in [2.05, 4.69) is 31.8 Å². The summed E-state index contributed by atoms with van der Waals surface area (Å²) in [6, 6.07) is 26.7. The van der Waals surface area contributed by atoms with Gasteiger partial charge in [0.05, 0.1) is 30.7 Å². The molecule has 41 heavy (non-hydrogen) atoms. The number of piperazine rings is 1. The van der Waals surface area contributed by atoms with Crippen molar-refractivity contribution in [2.75, 3.05) is 74.0 Å². The van der Waals surface area contributed by atoms with E-state index in [9.17, 15) is 9.59 Å². The van der Waals surface area contributed by atoms with Gasteiger partial charge in [-0.1, -0.05) is 48.5 Å². The molecule has 1 aliphatic rings. The van der Waals surface area contributed by atoms with Crippen molar-refractivity contribution in [2.45, 2.75) is 0 Å². The van der Waals surface area contributed by atoms with Gasteiger partial charge in [-0.2, -0.15) is 0 Å². The van der Waals surface area contributed by atoms with Crippen LogP contribution in [0.4, 0.5) is 27.5 Å². The average Bonchev–Trinajstić information content (AvgIpc) is 3.01. The minimum atomic E-state index is -0.384. The maximum atomic E-state index is 13.3. The van der Waals surface area contributed by atoms with Gasteiger partial charge in [-0.15, -0.1) is 0 Å². The highest BCUT2D eigenvalue weighted by atomic mass is 16.5. The first-order chi connectivity index (χ1) is 20.1. The smallest absolute Gasteiger partial charge is 0.323 e. The maximum absolute atomic E-state index is 13.3. The van der Waals surface area contributed by atoms with E-state index < -0.39 is 0 Å². The number of urea groups is 1. The summed E-state index contributed by atoms with van der Waals surface area (Å²) in [5, 5.41) is 10.7. The van der Waals surface area contributed by atoms with Crippen LogP contribution in [0.15, 0.2) is 84.9 Å². The molecule has 0 unspecified atom stereocenters. The minimum Gasteiger partial charge on any atom is -0.495 e. The number of para-hydroxylation sites is 2. The third-order valence-corrected chi connectivity index (χ3v) is 7.17. The average molecular weight is 554 g/mol. The zero-order valence-electron chi connectivity index (χ0n) is 23.4.